The number of carbonyl (C=O) groups is 1. The summed E-state index contributed by atoms with van der Waals surface area (Å²) in [4.78, 5) is 21.0. The van der Waals surface area contributed by atoms with Crippen LogP contribution in [0.5, 0.6) is 5.88 Å². The molecule has 3 aromatic rings. The van der Waals surface area contributed by atoms with Crippen LogP contribution in [0.4, 0.5) is 0 Å². The molecule has 0 saturated carbocycles. The van der Waals surface area contributed by atoms with Crippen LogP contribution < -0.4 is 10.1 Å². The number of aromatic nitrogens is 4. The molecule has 1 N–H and O–H groups in total. The third-order valence-corrected chi connectivity index (χ3v) is 4.00. The van der Waals surface area contributed by atoms with E-state index in [4.69, 9.17) is 9.15 Å². The van der Waals surface area contributed by atoms with Crippen LogP contribution in [0.3, 0.4) is 0 Å². The third-order valence-electron chi connectivity index (χ3n) is 4.00. The first kappa shape index (κ1) is 19.6. The zero-order chi connectivity index (χ0) is 20.3. The number of ether oxygens (including phenoxy) is 1. The van der Waals surface area contributed by atoms with E-state index in [1.165, 1.54) is 0 Å². The Morgan fingerprint density at radius 1 is 1.21 bits per heavy atom. The van der Waals surface area contributed by atoms with E-state index in [1.54, 1.807) is 23.1 Å². The van der Waals surface area contributed by atoms with Gasteiger partial charge < -0.3 is 14.5 Å². The van der Waals surface area contributed by atoms with E-state index in [9.17, 15) is 4.79 Å². The summed E-state index contributed by atoms with van der Waals surface area (Å²) >= 11 is 0. The molecule has 3 heterocycles. The third kappa shape index (κ3) is 4.76. The Morgan fingerprint density at radius 3 is 2.54 bits per heavy atom. The highest BCUT2D eigenvalue weighted by Crippen LogP contribution is 2.26. The predicted octanol–water partition coefficient (Wildman–Crippen LogP) is 2.86. The Labute approximate surface area is 163 Å². The maximum absolute atomic E-state index is 12.1. The molecule has 0 radical (unpaired) electrons. The number of nitrogens with zero attached hydrogens (tertiary/aromatic N) is 4. The van der Waals surface area contributed by atoms with Gasteiger partial charge in [-0.25, -0.2) is 9.97 Å². The van der Waals surface area contributed by atoms with Crippen molar-refractivity contribution in [2.24, 2.45) is 0 Å². The van der Waals surface area contributed by atoms with Gasteiger partial charge in [-0.05, 0) is 32.0 Å². The van der Waals surface area contributed by atoms with Crippen molar-refractivity contribution in [2.45, 2.75) is 46.6 Å². The summed E-state index contributed by atoms with van der Waals surface area (Å²) in [7, 11) is 0. The molecule has 3 rings (SSSR count). The summed E-state index contributed by atoms with van der Waals surface area (Å²) in [6, 6.07) is 7.28. The second kappa shape index (κ2) is 7.84. The minimum Gasteiger partial charge on any atom is -0.467 e. The van der Waals surface area contributed by atoms with Gasteiger partial charge in [-0.1, -0.05) is 20.8 Å². The standard InChI is InChI=1S/C20H25N5O3/c1-13-9-14(2)23-19(22-13)25-18(10-16(24-25)20(3,4)5)28-12-17(26)21-11-15-7-6-8-27-15/h6-10H,11-12H2,1-5H3,(H,21,26). The molecule has 0 aliphatic carbocycles. The maximum atomic E-state index is 12.1. The number of hydrogen-bond acceptors (Lipinski definition) is 6. The fraction of sp³-hybridized carbons (Fsp3) is 0.400. The molecule has 0 aromatic carbocycles. The van der Waals surface area contributed by atoms with Crippen molar-refractivity contribution in [3.63, 3.8) is 0 Å². The van der Waals surface area contributed by atoms with Gasteiger partial charge in [0.15, 0.2) is 6.61 Å². The Balaban J connectivity index is 1.78. The van der Waals surface area contributed by atoms with Crippen molar-refractivity contribution >= 4 is 5.91 Å². The van der Waals surface area contributed by atoms with Crippen LogP contribution >= 0.6 is 0 Å². The quantitative estimate of drug-likeness (QED) is 0.703. The van der Waals surface area contributed by atoms with Crippen LogP contribution in [-0.4, -0.2) is 32.3 Å². The lowest BCUT2D eigenvalue weighted by Gasteiger charge is -2.13. The Morgan fingerprint density at radius 2 is 1.93 bits per heavy atom. The van der Waals surface area contributed by atoms with Gasteiger partial charge in [0.25, 0.3) is 11.9 Å². The van der Waals surface area contributed by atoms with Crippen LogP contribution in [0.1, 0.15) is 43.6 Å². The number of aryl methyl sites for hydroxylation is 2. The molecular weight excluding hydrogens is 358 g/mol. The van der Waals surface area contributed by atoms with E-state index in [1.807, 2.05) is 26.0 Å². The van der Waals surface area contributed by atoms with Crippen molar-refractivity contribution < 1.29 is 13.9 Å². The average Bonchev–Trinajstić information content (AvgIpc) is 3.26. The lowest BCUT2D eigenvalue weighted by molar-refractivity contribution is -0.123. The van der Waals surface area contributed by atoms with Gasteiger partial charge in [0.2, 0.25) is 5.88 Å². The maximum Gasteiger partial charge on any atom is 0.258 e. The van der Waals surface area contributed by atoms with Crippen molar-refractivity contribution in [1.82, 2.24) is 25.1 Å². The average molecular weight is 383 g/mol. The second-order valence-electron chi connectivity index (χ2n) is 7.63. The molecule has 28 heavy (non-hydrogen) atoms. The van der Waals surface area contributed by atoms with Crippen LogP contribution in [0.2, 0.25) is 0 Å². The molecule has 8 nitrogen and oxygen atoms in total. The summed E-state index contributed by atoms with van der Waals surface area (Å²) < 4.78 is 12.5. The van der Waals surface area contributed by atoms with Gasteiger partial charge in [-0.3, -0.25) is 4.79 Å². The smallest absolute Gasteiger partial charge is 0.258 e. The number of amides is 1. The van der Waals surface area contributed by atoms with Crippen molar-refractivity contribution in [3.8, 4) is 11.8 Å². The lowest BCUT2D eigenvalue weighted by atomic mass is 9.93. The molecular formula is C20H25N5O3. The Bertz CT molecular complexity index is 935. The summed E-state index contributed by atoms with van der Waals surface area (Å²) in [5, 5.41) is 7.37. The van der Waals surface area contributed by atoms with Gasteiger partial charge >= 0.3 is 0 Å². The van der Waals surface area contributed by atoms with Crippen LogP contribution in [-0.2, 0) is 16.8 Å². The second-order valence-corrected chi connectivity index (χ2v) is 7.63. The molecule has 0 saturated heterocycles. The van der Waals surface area contributed by atoms with E-state index < -0.39 is 0 Å². The predicted molar refractivity (Wildman–Crippen MR) is 103 cm³/mol. The normalized spacial score (nSPS) is 11.5. The monoisotopic (exact) mass is 383 g/mol. The lowest BCUT2D eigenvalue weighted by Crippen LogP contribution is -2.28. The van der Waals surface area contributed by atoms with Gasteiger partial charge in [-0.2, -0.15) is 9.78 Å². The largest absolute Gasteiger partial charge is 0.467 e. The number of rotatable bonds is 6. The van der Waals surface area contributed by atoms with Gasteiger partial charge in [0, 0.05) is 22.9 Å². The van der Waals surface area contributed by atoms with Gasteiger partial charge in [0.05, 0.1) is 18.5 Å². The molecule has 0 spiro atoms. The topological polar surface area (TPSA) is 95.1 Å². The molecule has 148 valence electrons. The molecule has 3 aromatic heterocycles. The Hall–Kier alpha value is -3.16. The minimum absolute atomic E-state index is 0.152. The summed E-state index contributed by atoms with van der Waals surface area (Å²) in [6.07, 6.45) is 1.56. The van der Waals surface area contributed by atoms with E-state index in [0.717, 1.165) is 17.1 Å². The molecule has 0 aliphatic heterocycles. The zero-order valence-electron chi connectivity index (χ0n) is 16.8. The fourth-order valence-corrected chi connectivity index (χ4v) is 2.57. The first-order chi connectivity index (χ1) is 13.2. The summed E-state index contributed by atoms with van der Waals surface area (Å²) in [6.45, 7) is 10.1. The molecule has 0 atom stereocenters. The van der Waals surface area contributed by atoms with E-state index in [-0.39, 0.29) is 17.9 Å². The number of nitrogens with one attached hydrogen (secondary N) is 1. The highest BCUT2D eigenvalue weighted by molar-refractivity contribution is 5.77. The zero-order valence-corrected chi connectivity index (χ0v) is 16.8. The molecule has 0 bridgehead atoms. The van der Waals surface area contributed by atoms with Crippen molar-refractivity contribution in [2.75, 3.05) is 6.61 Å². The number of carbonyl (C=O) groups excluding carboxylic acids is 1. The number of furan rings is 1. The van der Waals surface area contributed by atoms with E-state index >= 15 is 0 Å². The van der Waals surface area contributed by atoms with Gasteiger partial charge in [0.1, 0.15) is 5.76 Å². The van der Waals surface area contributed by atoms with Gasteiger partial charge in [-0.15, -0.1) is 0 Å². The highest BCUT2D eigenvalue weighted by Gasteiger charge is 2.23. The fourth-order valence-electron chi connectivity index (χ4n) is 2.57. The first-order valence-corrected chi connectivity index (χ1v) is 9.07. The number of hydrogen-bond donors (Lipinski definition) is 1. The van der Waals surface area contributed by atoms with Crippen molar-refractivity contribution in [3.05, 3.63) is 53.4 Å². The van der Waals surface area contributed by atoms with Crippen LogP contribution in [0.15, 0.2) is 34.9 Å². The minimum atomic E-state index is -0.261. The van der Waals surface area contributed by atoms with E-state index in [0.29, 0.717) is 24.1 Å². The summed E-state index contributed by atoms with van der Waals surface area (Å²) in [5.41, 5.74) is 2.29. The molecule has 0 fully saturated rings. The highest BCUT2D eigenvalue weighted by atomic mass is 16.5. The van der Waals surface area contributed by atoms with Crippen molar-refractivity contribution in [1.29, 1.82) is 0 Å². The SMILES string of the molecule is Cc1cc(C)nc(-n2nc(C(C)(C)C)cc2OCC(=O)NCc2ccco2)n1. The molecule has 8 heteroatoms. The molecule has 0 aliphatic rings. The molecule has 0 unspecified atom stereocenters. The molecule has 1 amide bonds. The van der Waals surface area contributed by atoms with Crippen LogP contribution in [0, 0.1) is 13.8 Å². The van der Waals surface area contributed by atoms with E-state index in [2.05, 4.69) is 41.2 Å². The summed E-state index contributed by atoms with van der Waals surface area (Å²) in [5.74, 6) is 1.25. The Kier molecular flexibility index (Phi) is 5.48. The first-order valence-electron chi connectivity index (χ1n) is 9.07. The van der Waals surface area contributed by atoms with Crippen LogP contribution in [0.25, 0.3) is 5.95 Å².